The second-order valence-corrected chi connectivity index (χ2v) is 8.08. The molecule has 3 aromatic rings. The lowest BCUT2D eigenvalue weighted by atomic mass is 9.91. The molecule has 1 aliphatic heterocycles. The van der Waals surface area contributed by atoms with Gasteiger partial charge in [-0.25, -0.2) is 4.39 Å². The quantitative estimate of drug-likeness (QED) is 0.588. The van der Waals surface area contributed by atoms with E-state index in [1.807, 2.05) is 0 Å². The number of alkyl halides is 3. The summed E-state index contributed by atoms with van der Waals surface area (Å²) < 4.78 is 55.0. The van der Waals surface area contributed by atoms with Crippen LogP contribution in [0, 0.1) is 17.7 Å². The molecule has 0 spiro atoms. The van der Waals surface area contributed by atoms with Gasteiger partial charge in [-0.15, -0.1) is 10.2 Å². The molecule has 156 valence electrons. The van der Waals surface area contributed by atoms with E-state index >= 15 is 0 Å². The summed E-state index contributed by atoms with van der Waals surface area (Å²) in [6.07, 6.45) is -1.99. The molecule has 3 heterocycles. The fourth-order valence-corrected chi connectivity index (χ4v) is 4.98. The third-order valence-electron chi connectivity index (χ3n) is 6.30. The van der Waals surface area contributed by atoms with Gasteiger partial charge >= 0.3 is 6.18 Å². The van der Waals surface area contributed by atoms with Crippen molar-refractivity contribution >= 4 is 11.6 Å². The summed E-state index contributed by atoms with van der Waals surface area (Å²) in [6.45, 7) is 0.914. The van der Waals surface area contributed by atoms with Crippen molar-refractivity contribution in [3.8, 4) is 0 Å². The number of halogens is 4. The Bertz CT molecular complexity index is 1110. The Balaban J connectivity index is 1.33. The van der Waals surface area contributed by atoms with Gasteiger partial charge < -0.3 is 4.90 Å². The second kappa shape index (κ2) is 6.78. The summed E-state index contributed by atoms with van der Waals surface area (Å²) in [5.74, 6) is -0.690. The lowest BCUT2D eigenvalue weighted by Gasteiger charge is -2.21. The van der Waals surface area contributed by atoms with Crippen LogP contribution in [0.2, 0.25) is 0 Å². The van der Waals surface area contributed by atoms with E-state index in [4.69, 9.17) is 0 Å². The highest BCUT2D eigenvalue weighted by Crippen LogP contribution is 2.48. The van der Waals surface area contributed by atoms with Gasteiger partial charge in [-0.1, -0.05) is 18.2 Å². The van der Waals surface area contributed by atoms with E-state index in [1.165, 1.54) is 28.8 Å². The Morgan fingerprint density at radius 3 is 2.40 bits per heavy atom. The summed E-state index contributed by atoms with van der Waals surface area (Å²) in [6, 6.07) is 8.44. The number of fused-ring (bicyclic) bond motifs is 2. The van der Waals surface area contributed by atoms with E-state index in [2.05, 4.69) is 10.2 Å². The van der Waals surface area contributed by atoms with Crippen LogP contribution in [-0.2, 0) is 6.18 Å². The molecule has 0 unspecified atom stereocenters. The molecule has 1 aromatic carbocycles. The number of likely N-dealkylation sites (tertiary alicyclic amines) is 1. The van der Waals surface area contributed by atoms with Gasteiger partial charge in [-0.05, 0) is 54.4 Å². The molecule has 3 atom stereocenters. The number of hydrogen-bond donors (Lipinski definition) is 0. The van der Waals surface area contributed by atoms with E-state index in [1.54, 1.807) is 17.0 Å². The summed E-state index contributed by atoms with van der Waals surface area (Å²) in [5.41, 5.74) is 0.152. The number of nitrogens with zero attached hydrogens (tertiary/aromatic N) is 4. The molecular formula is C21H18F4N4O. The molecule has 2 aromatic heterocycles. The summed E-state index contributed by atoms with van der Waals surface area (Å²) >= 11 is 0. The molecular weight excluding hydrogens is 400 g/mol. The van der Waals surface area contributed by atoms with Crippen LogP contribution in [0.3, 0.4) is 0 Å². The monoisotopic (exact) mass is 418 g/mol. The molecule has 2 aliphatic rings. The van der Waals surface area contributed by atoms with Crippen molar-refractivity contribution in [2.45, 2.75) is 24.9 Å². The molecule has 9 heteroatoms. The Hall–Kier alpha value is -2.97. The second-order valence-electron chi connectivity index (χ2n) is 8.08. The molecule has 1 amide bonds. The first-order chi connectivity index (χ1) is 14.3. The van der Waals surface area contributed by atoms with E-state index < -0.39 is 17.6 Å². The number of carbonyl (C=O) groups excluding carboxylic acids is 1. The lowest BCUT2D eigenvalue weighted by molar-refractivity contribution is -0.138. The molecule has 1 saturated heterocycles. The van der Waals surface area contributed by atoms with Crippen LogP contribution in [0.4, 0.5) is 17.6 Å². The number of rotatable bonds is 2. The third-order valence-corrected chi connectivity index (χ3v) is 6.30. The lowest BCUT2D eigenvalue weighted by Crippen LogP contribution is -2.31. The van der Waals surface area contributed by atoms with E-state index in [0.29, 0.717) is 37.1 Å². The van der Waals surface area contributed by atoms with Crippen LogP contribution in [0.25, 0.3) is 5.65 Å². The summed E-state index contributed by atoms with van der Waals surface area (Å²) in [4.78, 5) is 14.6. The van der Waals surface area contributed by atoms with Gasteiger partial charge in [0.05, 0.1) is 5.56 Å². The minimum Gasteiger partial charge on any atom is -0.335 e. The normalized spacial score (nSPS) is 23.9. The molecule has 2 fully saturated rings. The van der Waals surface area contributed by atoms with Crippen molar-refractivity contribution in [2.24, 2.45) is 11.8 Å². The number of carbonyl (C=O) groups is 1. The largest absolute Gasteiger partial charge is 0.416 e. The Kier molecular flexibility index (Phi) is 4.30. The van der Waals surface area contributed by atoms with E-state index in [0.717, 1.165) is 6.07 Å². The van der Waals surface area contributed by atoms with Gasteiger partial charge in [-0.2, -0.15) is 13.2 Å². The first-order valence-electron chi connectivity index (χ1n) is 9.77. The number of hydrogen-bond acceptors (Lipinski definition) is 3. The van der Waals surface area contributed by atoms with Gasteiger partial charge in [0.1, 0.15) is 5.82 Å². The number of pyridine rings is 1. The summed E-state index contributed by atoms with van der Waals surface area (Å²) in [7, 11) is 0. The maximum Gasteiger partial charge on any atom is 0.416 e. The maximum atomic E-state index is 13.6. The van der Waals surface area contributed by atoms with Crippen LogP contribution in [0.5, 0.6) is 0 Å². The predicted octanol–water partition coefficient (Wildman–Crippen LogP) is 4.15. The predicted molar refractivity (Wildman–Crippen MR) is 99.2 cm³/mol. The van der Waals surface area contributed by atoms with Crippen LogP contribution < -0.4 is 0 Å². The smallest absolute Gasteiger partial charge is 0.335 e. The molecule has 1 saturated carbocycles. The van der Waals surface area contributed by atoms with Crippen LogP contribution in [0.15, 0.2) is 42.6 Å². The van der Waals surface area contributed by atoms with E-state index in [9.17, 15) is 22.4 Å². The maximum absolute atomic E-state index is 13.6. The third kappa shape index (κ3) is 3.12. The Labute approximate surface area is 169 Å². The van der Waals surface area contributed by atoms with Crippen molar-refractivity contribution in [1.29, 1.82) is 0 Å². The van der Waals surface area contributed by atoms with Crippen molar-refractivity contribution in [2.75, 3.05) is 13.1 Å². The highest BCUT2D eigenvalue weighted by molar-refractivity contribution is 5.91. The number of benzene rings is 1. The first-order valence-corrected chi connectivity index (χ1v) is 9.77. The molecule has 5 nitrogen and oxygen atoms in total. The average molecular weight is 418 g/mol. The fourth-order valence-electron chi connectivity index (χ4n) is 4.98. The molecule has 1 aliphatic carbocycles. The van der Waals surface area contributed by atoms with Gasteiger partial charge in [0.15, 0.2) is 5.65 Å². The molecule has 0 bridgehead atoms. The van der Waals surface area contributed by atoms with Crippen molar-refractivity contribution in [3.63, 3.8) is 0 Å². The van der Waals surface area contributed by atoms with Crippen molar-refractivity contribution in [1.82, 2.24) is 19.5 Å². The summed E-state index contributed by atoms with van der Waals surface area (Å²) in [5, 5.41) is 7.81. The molecule has 0 radical (unpaired) electrons. The number of amides is 1. The van der Waals surface area contributed by atoms with Gasteiger partial charge in [-0.3, -0.25) is 9.20 Å². The fraction of sp³-hybridized carbons (Fsp3) is 0.381. The highest BCUT2D eigenvalue weighted by Gasteiger charge is 2.45. The zero-order chi connectivity index (χ0) is 21.0. The molecule has 30 heavy (non-hydrogen) atoms. The Morgan fingerprint density at radius 1 is 1.00 bits per heavy atom. The zero-order valence-electron chi connectivity index (χ0n) is 15.8. The highest BCUT2D eigenvalue weighted by atomic mass is 19.4. The topological polar surface area (TPSA) is 50.5 Å². The number of aromatic nitrogens is 3. The SMILES string of the molecule is O=C(c1nnc2ccc(F)cn12)N1C[C@H]2C[C@H](c3ccccc3C(F)(F)F)C[C@H]2C1. The molecule has 0 N–H and O–H groups in total. The van der Waals surface area contributed by atoms with Gasteiger partial charge in [0.25, 0.3) is 5.91 Å². The van der Waals surface area contributed by atoms with Crippen molar-refractivity contribution in [3.05, 3.63) is 65.4 Å². The average Bonchev–Trinajstić information content (AvgIpc) is 3.39. The minimum atomic E-state index is -4.37. The first kappa shape index (κ1) is 19.0. The Morgan fingerprint density at radius 2 is 1.70 bits per heavy atom. The van der Waals surface area contributed by atoms with Crippen LogP contribution in [0.1, 0.15) is 40.5 Å². The zero-order valence-corrected chi connectivity index (χ0v) is 15.8. The van der Waals surface area contributed by atoms with Crippen LogP contribution >= 0.6 is 0 Å². The minimum absolute atomic E-state index is 0.0449. The standard InChI is InChI=1S/C21H18F4N4O/c22-15-5-6-18-26-27-19(29(18)11-15)20(30)28-9-13-7-12(8-14(13)10-28)16-3-1-2-4-17(16)21(23,24)25/h1-6,11-14H,7-10H2/t12-,13+,14-. The van der Waals surface area contributed by atoms with Crippen LogP contribution in [-0.4, -0.2) is 38.5 Å². The van der Waals surface area contributed by atoms with E-state index in [-0.39, 0.29) is 29.5 Å². The molecule has 5 rings (SSSR count). The van der Waals surface area contributed by atoms with Crippen molar-refractivity contribution < 1.29 is 22.4 Å². The van der Waals surface area contributed by atoms with Gasteiger partial charge in [0, 0.05) is 19.3 Å². The van der Waals surface area contributed by atoms with Gasteiger partial charge in [0.2, 0.25) is 5.82 Å².